The first-order valence-electron chi connectivity index (χ1n) is 4.35. The van der Waals surface area contributed by atoms with Crippen LogP contribution in [0, 0.1) is 0 Å². The van der Waals surface area contributed by atoms with E-state index in [2.05, 4.69) is 4.98 Å². The number of aromatic carboxylic acids is 1. The molecule has 0 unspecified atom stereocenters. The van der Waals surface area contributed by atoms with Crippen molar-refractivity contribution >= 4 is 27.5 Å². The molecule has 0 radical (unpaired) electrons. The number of carbonyl (C=O) groups is 1. The highest BCUT2D eigenvalue weighted by Gasteiger charge is 2.04. The molecular formula is C10H11NO2S. The molecule has 1 N–H and O–H groups in total. The van der Waals surface area contributed by atoms with E-state index in [1.165, 1.54) is 6.07 Å². The Labute approximate surface area is 86.0 Å². The van der Waals surface area contributed by atoms with Crippen LogP contribution in [-0.4, -0.2) is 16.1 Å². The zero-order valence-electron chi connectivity index (χ0n) is 8.02. The predicted molar refractivity (Wildman–Crippen MR) is 57.9 cm³/mol. The lowest BCUT2D eigenvalue weighted by Crippen LogP contribution is -1.98. The van der Waals surface area contributed by atoms with Crippen LogP contribution in [0.2, 0.25) is 0 Å². The number of carboxylic acid groups (broad SMARTS) is 1. The van der Waals surface area contributed by atoms with Gasteiger partial charge in [0.2, 0.25) is 0 Å². The summed E-state index contributed by atoms with van der Waals surface area (Å²) in [5, 5.41) is 10.5. The van der Waals surface area contributed by atoms with Crippen LogP contribution >= 0.6 is 11.3 Å². The van der Waals surface area contributed by atoms with Gasteiger partial charge < -0.3 is 5.11 Å². The average molecular weight is 209 g/mol. The van der Waals surface area contributed by atoms with Crippen molar-refractivity contribution in [2.75, 3.05) is 0 Å². The lowest BCUT2D eigenvalue weighted by atomic mass is 10.3. The molecule has 0 aliphatic carbocycles. The van der Waals surface area contributed by atoms with Gasteiger partial charge >= 0.3 is 5.97 Å². The Morgan fingerprint density at radius 1 is 1.36 bits per heavy atom. The number of fused-ring (bicyclic) bond motifs is 1. The maximum atomic E-state index is 10.5. The molecule has 0 fully saturated rings. The van der Waals surface area contributed by atoms with E-state index >= 15 is 0 Å². The largest absolute Gasteiger partial charge is 0.477 e. The van der Waals surface area contributed by atoms with Crippen LogP contribution in [0.25, 0.3) is 10.2 Å². The molecule has 0 spiro atoms. The third-order valence-electron chi connectivity index (χ3n) is 1.53. The third kappa shape index (κ3) is 2.09. The SMILES string of the molecule is CC.O=C(O)c1ccc2sccc2n1. The number of nitrogens with zero attached hydrogens (tertiary/aromatic N) is 1. The minimum absolute atomic E-state index is 0.0981. The highest BCUT2D eigenvalue weighted by atomic mass is 32.1. The van der Waals surface area contributed by atoms with Gasteiger partial charge in [0.25, 0.3) is 0 Å². The van der Waals surface area contributed by atoms with Crippen LogP contribution in [-0.2, 0) is 0 Å². The Bertz CT molecular complexity index is 436. The number of aromatic nitrogens is 1. The number of hydrogen-bond acceptors (Lipinski definition) is 3. The summed E-state index contributed by atoms with van der Waals surface area (Å²) in [6.45, 7) is 4.00. The quantitative estimate of drug-likeness (QED) is 0.785. The van der Waals surface area contributed by atoms with Gasteiger partial charge in [0.1, 0.15) is 5.69 Å². The highest BCUT2D eigenvalue weighted by Crippen LogP contribution is 2.18. The first-order valence-corrected chi connectivity index (χ1v) is 5.23. The number of rotatable bonds is 1. The van der Waals surface area contributed by atoms with Crippen molar-refractivity contribution in [3.63, 3.8) is 0 Å². The minimum atomic E-state index is -0.983. The molecule has 0 atom stereocenters. The van der Waals surface area contributed by atoms with E-state index in [0.29, 0.717) is 0 Å². The van der Waals surface area contributed by atoms with Crippen LogP contribution in [0.1, 0.15) is 24.3 Å². The Morgan fingerprint density at radius 2 is 2.07 bits per heavy atom. The molecule has 0 amide bonds. The fraction of sp³-hybridized carbons (Fsp3) is 0.200. The summed E-state index contributed by atoms with van der Waals surface area (Å²) in [5.74, 6) is -0.983. The standard InChI is InChI=1S/C8H5NO2S.C2H6/c10-8(11)6-1-2-7-5(9-6)3-4-12-7;1-2/h1-4H,(H,10,11);1-2H3. The predicted octanol–water partition coefficient (Wildman–Crippen LogP) is 3.02. The van der Waals surface area contributed by atoms with E-state index in [-0.39, 0.29) is 5.69 Å². The summed E-state index contributed by atoms with van der Waals surface area (Å²) in [5.41, 5.74) is 0.848. The van der Waals surface area contributed by atoms with Crippen LogP contribution in [0.3, 0.4) is 0 Å². The van der Waals surface area contributed by atoms with Gasteiger partial charge in [-0.25, -0.2) is 9.78 Å². The monoisotopic (exact) mass is 209 g/mol. The summed E-state index contributed by atoms with van der Waals surface area (Å²) < 4.78 is 1.01. The molecule has 2 aromatic rings. The van der Waals surface area contributed by atoms with Gasteiger partial charge in [-0.15, -0.1) is 11.3 Å². The fourth-order valence-electron chi connectivity index (χ4n) is 0.972. The summed E-state index contributed by atoms with van der Waals surface area (Å²) in [6.07, 6.45) is 0. The topological polar surface area (TPSA) is 50.2 Å². The Balaban J connectivity index is 0.000000461. The molecule has 0 saturated heterocycles. The second-order valence-electron chi connectivity index (χ2n) is 2.31. The van der Waals surface area contributed by atoms with E-state index in [1.807, 2.05) is 25.3 Å². The molecule has 0 aliphatic rings. The van der Waals surface area contributed by atoms with E-state index in [4.69, 9.17) is 5.11 Å². The maximum Gasteiger partial charge on any atom is 0.354 e. The first kappa shape index (κ1) is 10.7. The summed E-state index contributed by atoms with van der Waals surface area (Å²) in [4.78, 5) is 14.5. The van der Waals surface area contributed by atoms with Gasteiger partial charge in [0.15, 0.2) is 0 Å². The van der Waals surface area contributed by atoms with Crippen LogP contribution < -0.4 is 0 Å². The van der Waals surface area contributed by atoms with Gasteiger partial charge in [-0.3, -0.25) is 0 Å². The van der Waals surface area contributed by atoms with Crippen LogP contribution in [0.5, 0.6) is 0 Å². The molecule has 0 saturated carbocycles. The van der Waals surface area contributed by atoms with Crippen LogP contribution in [0.15, 0.2) is 23.6 Å². The molecule has 14 heavy (non-hydrogen) atoms. The number of carboxylic acids is 1. The highest BCUT2D eigenvalue weighted by molar-refractivity contribution is 7.17. The van der Waals surface area contributed by atoms with Crippen molar-refractivity contribution in [3.05, 3.63) is 29.3 Å². The zero-order chi connectivity index (χ0) is 10.6. The number of thiophene rings is 1. The minimum Gasteiger partial charge on any atom is -0.477 e. The Morgan fingerprint density at radius 3 is 2.71 bits per heavy atom. The molecule has 2 heterocycles. The maximum absolute atomic E-state index is 10.5. The van der Waals surface area contributed by atoms with E-state index in [1.54, 1.807) is 17.4 Å². The molecule has 0 bridgehead atoms. The van der Waals surface area contributed by atoms with Crippen molar-refractivity contribution in [1.29, 1.82) is 0 Å². The Hall–Kier alpha value is -1.42. The Kier molecular flexibility index (Phi) is 3.59. The second kappa shape index (κ2) is 4.72. The molecule has 4 heteroatoms. The number of hydrogen-bond donors (Lipinski definition) is 1. The molecule has 74 valence electrons. The van der Waals surface area contributed by atoms with Crippen LogP contribution in [0.4, 0.5) is 0 Å². The summed E-state index contributed by atoms with van der Waals surface area (Å²) in [6, 6.07) is 5.10. The van der Waals surface area contributed by atoms with Crippen molar-refractivity contribution in [2.45, 2.75) is 13.8 Å². The van der Waals surface area contributed by atoms with Gasteiger partial charge in [0.05, 0.1) is 10.2 Å². The van der Waals surface area contributed by atoms with E-state index < -0.39 is 5.97 Å². The molecule has 0 aromatic carbocycles. The molecular weight excluding hydrogens is 198 g/mol. The smallest absolute Gasteiger partial charge is 0.354 e. The molecule has 3 nitrogen and oxygen atoms in total. The molecule has 2 aromatic heterocycles. The lowest BCUT2D eigenvalue weighted by Gasteiger charge is -1.92. The summed E-state index contributed by atoms with van der Waals surface area (Å²) >= 11 is 1.55. The number of pyridine rings is 1. The lowest BCUT2D eigenvalue weighted by molar-refractivity contribution is 0.0691. The van der Waals surface area contributed by atoms with Crippen molar-refractivity contribution in [2.24, 2.45) is 0 Å². The fourth-order valence-corrected chi connectivity index (χ4v) is 1.70. The van der Waals surface area contributed by atoms with Gasteiger partial charge in [-0.1, -0.05) is 13.8 Å². The average Bonchev–Trinajstić information content (AvgIpc) is 2.67. The normalized spacial score (nSPS) is 9.29. The van der Waals surface area contributed by atoms with Gasteiger partial charge in [-0.05, 0) is 23.6 Å². The second-order valence-corrected chi connectivity index (χ2v) is 3.25. The van der Waals surface area contributed by atoms with Crippen molar-refractivity contribution in [1.82, 2.24) is 4.98 Å². The van der Waals surface area contributed by atoms with Gasteiger partial charge in [0, 0.05) is 0 Å². The van der Waals surface area contributed by atoms with E-state index in [9.17, 15) is 4.79 Å². The molecule has 0 aliphatic heterocycles. The van der Waals surface area contributed by atoms with Gasteiger partial charge in [-0.2, -0.15) is 0 Å². The summed E-state index contributed by atoms with van der Waals surface area (Å²) in [7, 11) is 0. The first-order chi connectivity index (χ1) is 6.77. The molecule has 2 rings (SSSR count). The van der Waals surface area contributed by atoms with E-state index in [0.717, 1.165) is 10.2 Å². The van der Waals surface area contributed by atoms with Crippen molar-refractivity contribution in [3.8, 4) is 0 Å². The third-order valence-corrected chi connectivity index (χ3v) is 2.40. The van der Waals surface area contributed by atoms with Crippen molar-refractivity contribution < 1.29 is 9.90 Å². The zero-order valence-corrected chi connectivity index (χ0v) is 8.84.